The Balaban J connectivity index is 2.30. The first-order chi connectivity index (χ1) is 9.61. The number of aryl methyl sites for hydroxylation is 2. The standard InChI is InChI=1S/C17H18FNO/c1-12-3-5-15(9-14(12)7-8-19-11-20)16-6-4-13(2)17(18)10-16/h3-6,9-11H,7-8H2,1-2H3,(H,19,20). The summed E-state index contributed by atoms with van der Waals surface area (Å²) < 4.78 is 13.6. The molecule has 2 nitrogen and oxygen atoms in total. The van der Waals surface area contributed by atoms with Gasteiger partial charge in [-0.3, -0.25) is 4.79 Å². The average Bonchev–Trinajstić information content (AvgIpc) is 2.44. The summed E-state index contributed by atoms with van der Waals surface area (Å²) in [4.78, 5) is 10.3. The van der Waals surface area contributed by atoms with Crippen molar-refractivity contribution in [2.45, 2.75) is 20.3 Å². The molecule has 0 bridgehead atoms. The molecule has 0 fully saturated rings. The molecule has 0 aliphatic carbocycles. The quantitative estimate of drug-likeness (QED) is 0.655. The predicted molar refractivity (Wildman–Crippen MR) is 79.1 cm³/mol. The van der Waals surface area contributed by atoms with E-state index in [1.54, 1.807) is 19.1 Å². The summed E-state index contributed by atoms with van der Waals surface area (Å²) in [5, 5.41) is 2.66. The Morgan fingerprint density at radius 2 is 1.70 bits per heavy atom. The van der Waals surface area contributed by atoms with Crippen molar-refractivity contribution < 1.29 is 9.18 Å². The Hall–Kier alpha value is -2.16. The molecule has 1 N–H and O–H groups in total. The van der Waals surface area contributed by atoms with E-state index in [9.17, 15) is 9.18 Å². The minimum Gasteiger partial charge on any atom is -0.358 e. The van der Waals surface area contributed by atoms with Gasteiger partial charge in [0.15, 0.2) is 0 Å². The molecular weight excluding hydrogens is 253 g/mol. The third-order valence-electron chi connectivity index (χ3n) is 3.48. The van der Waals surface area contributed by atoms with E-state index >= 15 is 0 Å². The summed E-state index contributed by atoms with van der Waals surface area (Å²) >= 11 is 0. The Morgan fingerprint density at radius 3 is 2.35 bits per heavy atom. The molecule has 0 saturated carbocycles. The van der Waals surface area contributed by atoms with Crippen LogP contribution in [-0.4, -0.2) is 13.0 Å². The molecular formula is C17H18FNO. The highest BCUT2D eigenvalue weighted by atomic mass is 19.1. The summed E-state index contributed by atoms with van der Waals surface area (Å²) in [6.45, 7) is 4.40. The number of hydrogen-bond acceptors (Lipinski definition) is 1. The molecule has 0 radical (unpaired) electrons. The van der Waals surface area contributed by atoms with Gasteiger partial charge in [-0.05, 0) is 54.2 Å². The van der Waals surface area contributed by atoms with Gasteiger partial charge in [-0.15, -0.1) is 0 Å². The van der Waals surface area contributed by atoms with Gasteiger partial charge in [-0.2, -0.15) is 0 Å². The highest BCUT2D eigenvalue weighted by molar-refractivity contribution is 5.65. The van der Waals surface area contributed by atoms with Gasteiger partial charge in [0.05, 0.1) is 0 Å². The third kappa shape index (κ3) is 3.23. The number of benzene rings is 2. The van der Waals surface area contributed by atoms with Crippen LogP contribution in [0.2, 0.25) is 0 Å². The molecule has 0 spiro atoms. The van der Waals surface area contributed by atoms with E-state index in [1.165, 1.54) is 5.56 Å². The molecule has 3 heteroatoms. The van der Waals surface area contributed by atoms with Crippen LogP contribution in [-0.2, 0) is 11.2 Å². The van der Waals surface area contributed by atoms with Gasteiger partial charge in [0.25, 0.3) is 0 Å². The fourth-order valence-electron chi connectivity index (χ4n) is 2.16. The van der Waals surface area contributed by atoms with Crippen molar-refractivity contribution in [3.63, 3.8) is 0 Å². The summed E-state index contributed by atoms with van der Waals surface area (Å²) in [5.74, 6) is -0.188. The molecule has 1 amide bonds. The van der Waals surface area contributed by atoms with Crippen molar-refractivity contribution in [2.75, 3.05) is 6.54 Å². The van der Waals surface area contributed by atoms with Crippen molar-refractivity contribution >= 4 is 6.41 Å². The lowest BCUT2D eigenvalue weighted by Crippen LogP contribution is -2.14. The van der Waals surface area contributed by atoms with Gasteiger partial charge in [0.1, 0.15) is 5.82 Å². The highest BCUT2D eigenvalue weighted by Gasteiger charge is 2.05. The van der Waals surface area contributed by atoms with Gasteiger partial charge in [-0.25, -0.2) is 4.39 Å². The fraction of sp³-hybridized carbons (Fsp3) is 0.235. The van der Waals surface area contributed by atoms with Crippen LogP contribution in [0.4, 0.5) is 4.39 Å². The number of amides is 1. The number of carbonyl (C=O) groups is 1. The van der Waals surface area contributed by atoms with E-state index in [0.717, 1.165) is 23.1 Å². The largest absolute Gasteiger partial charge is 0.358 e. The number of hydrogen-bond donors (Lipinski definition) is 1. The maximum atomic E-state index is 13.6. The molecule has 2 aromatic carbocycles. The zero-order valence-corrected chi connectivity index (χ0v) is 11.7. The molecule has 0 saturated heterocycles. The van der Waals surface area contributed by atoms with Crippen LogP contribution in [0.1, 0.15) is 16.7 Å². The Labute approximate surface area is 118 Å². The maximum absolute atomic E-state index is 13.6. The average molecular weight is 271 g/mol. The molecule has 2 rings (SSSR count). The molecule has 0 heterocycles. The lowest BCUT2D eigenvalue weighted by atomic mass is 9.97. The molecule has 20 heavy (non-hydrogen) atoms. The second kappa shape index (κ2) is 6.33. The molecule has 2 aromatic rings. The van der Waals surface area contributed by atoms with Crippen molar-refractivity contribution in [1.29, 1.82) is 0 Å². The molecule has 104 valence electrons. The van der Waals surface area contributed by atoms with Crippen molar-refractivity contribution in [3.8, 4) is 11.1 Å². The second-order valence-electron chi connectivity index (χ2n) is 4.93. The van der Waals surface area contributed by atoms with E-state index < -0.39 is 0 Å². The Bertz CT molecular complexity index is 622. The maximum Gasteiger partial charge on any atom is 0.207 e. The number of rotatable bonds is 5. The van der Waals surface area contributed by atoms with E-state index in [1.807, 2.05) is 25.1 Å². The smallest absolute Gasteiger partial charge is 0.207 e. The van der Waals surface area contributed by atoms with Gasteiger partial charge >= 0.3 is 0 Å². The summed E-state index contributed by atoms with van der Waals surface area (Å²) in [6.07, 6.45) is 1.47. The van der Waals surface area contributed by atoms with Crippen molar-refractivity contribution in [1.82, 2.24) is 5.32 Å². The number of carbonyl (C=O) groups excluding carboxylic acids is 1. The van der Waals surface area contributed by atoms with Crippen LogP contribution >= 0.6 is 0 Å². The fourth-order valence-corrected chi connectivity index (χ4v) is 2.16. The second-order valence-corrected chi connectivity index (χ2v) is 4.93. The van der Waals surface area contributed by atoms with Crippen molar-refractivity contribution in [3.05, 3.63) is 58.9 Å². The van der Waals surface area contributed by atoms with Crippen LogP contribution in [0, 0.1) is 19.7 Å². The minimum atomic E-state index is -0.188. The molecule has 0 aliphatic heterocycles. The predicted octanol–water partition coefficient (Wildman–Crippen LogP) is 3.40. The van der Waals surface area contributed by atoms with Crippen LogP contribution in [0.5, 0.6) is 0 Å². The summed E-state index contributed by atoms with van der Waals surface area (Å²) in [5.41, 5.74) is 4.86. The van der Waals surface area contributed by atoms with E-state index in [2.05, 4.69) is 11.4 Å². The summed E-state index contributed by atoms with van der Waals surface area (Å²) in [6, 6.07) is 11.4. The third-order valence-corrected chi connectivity index (χ3v) is 3.48. The van der Waals surface area contributed by atoms with Crippen LogP contribution < -0.4 is 5.32 Å². The molecule has 0 aliphatic rings. The number of halogens is 1. The van der Waals surface area contributed by atoms with E-state index in [4.69, 9.17) is 0 Å². The minimum absolute atomic E-state index is 0.188. The monoisotopic (exact) mass is 271 g/mol. The SMILES string of the molecule is Cc1ccc(-c2ccc(C)c(CCNC=O)c2)cc1F. The summed E-state index contributed by atoms with van der Waals surface area (Å²) in [7, 11) is 0. The lowest BCUT2D eigenvalue weighted by molar-refractivity contribution is -0.109. The molecule has 0 aromatic heterocycles. The lowest BCUT2D eigenvalue weighted by Gasteiger charge is -2.10. The molecule has 0 unspecified atom stereocenters. The van der Waals surface area contributed by atoms with E-state index in [-0.39, 0.29) is 5.82 Å². The van der Waals surface area contributed by atoms with Gasteiger partial charge < -0.3 is 5.32 Å². The first-order valence-corrected chi connectivity index (χ1v) is 6.65. The van der Waals surface area contributed by atoms with Crippen molar-refractivity contribution in [2.24, 2.45) is 0 Å². The Kier molecular flexibility index (Phi) is 4.51. The highest BCUT2D eigenvalue weighted by Crippen LogP contribution is 2.24. The van der Waals surface area contributed by atoms with Crippen LogP contribution in [0.15, 0.2) is 36.4 Å². The number of nitrogens with one attached hydrogen (secondary N) is 1. The van der Waals surface area contributed by atoms with Gasteiger partial charge in [0.2, 0.25) is 6.41 Å². The zero-order valence-electron chi connectivity index (χ0n) is 11.7. The first-order valence-electron chi connectivity index (χ1n) is 6.65. The van der Waals surface area contributed by atoms with Gasteiger partial charge in [-0.1, -0.05) is 30.3 Å². The normalized spacial score (nSPS) is 10.3. The first kappa shape index (κ1) is 14.3. The topological polar surface area (TPSA) is 29.1 Å². The Morgan fingerprint density at radius 1 is 1.05 bits per heavy atom. The van der Waals surface area contributed by atoms with Gasteiger partial charge in [0, 0.05) is 6.54 Å². The molecule has 0 atom stereocenters. The zero-order chi connectivity index (χ0) is 14.5. The van der Waals surface area contributed by atoms with Crippen LogP contribution in [0.25, 0.3) is 11.1 Å². The van der Waals surface area contributed by atoms with Crippen LogP contribution in [0.3, 0.4) is 0 Å². The van der Waals surface area contributed by atoms with E-state index in [0.29, 0.717) is 18.5 Å².